The van der Waals surface area contributed by atoms with Gasteiger partial charge in [0, 0.05) is 0 Å². The van der Waals surface area contributed by atoms with Gasteiger partial charge in [-0.1, -0.05) is 18.2 Å². The van der Waals surface area contributed by atoms with E-state index >= 15 is 0 Å². The summed E-state index contributed by atoms with van der Waals surface area (Å²) in [5, 5.41) is 8.28. The van der Waals surface area contributed by atoms with Crippen molar-refractivity contribution in [1.29, 1.82) is 5.26 Å². The van der Waals surface area contributed by atoms with Crippen molar-refractivity contribution < 1.29 is 4.39 Å². The summed E-state index contributed by atoms with van der Waals surface area (Å²) in [6.45, 7) is 0. The Bertz CT molecular complexity index is 379. The summed E-state index contributed by atoms with van der Waals surface area (Å²) in [6.07, 6.45) is 3.68. The van der Waals surface area contributed by atoms with Gasteiger partial charge in [0.2, 0.25) is 0 Å². The molecule has 3 N–H and O–H groups in total. The van der Waals surface area contributed by atoms with E-state index < -0.39 is 5.82 Å². The molecule has 0 unspecified atom stereocenters. The third kappa shape index (κ3) is 2.57. The minimum absolute atomic E-state index is 0.252. The predicted molar refractivity (Wildman–Crippen MR) is 53.5 cm³/mol. The average Bonchev–Trinajstić information content (AvgIpc) is 2.18. The molecule has 0 spiro atoms. The first-order chi connectivity index (χ1) is 6.77. The zero-order chi connectivity index (χ0) is 10.4. The highest BCUT2D eigenvalue weighted by Crippen LogP contribution is 2.15. The first-order valence-electron chi connectivity index (χ1n) is 4.07. The van der Waals surface area contributed by atoms with E-state index in [1.54, 1.807) is 24.3 Å². The van der Waals surface area contributed by atoms with Crippen molar-refractivity contribution in [3.63, 3.8) is 0 Å². The number of hydrogen-bond donors (Lipinski definition) is 2. The highest BCUT2D eigenvalue weighted by Gasteiger charge is 1.99. The number of halogens is 1. The van der Waals surface area contributed by atoms with Crippen LogP contribution in [0.3, 0.4) is 0 Å². The van der Waals surface area contributed by atoms with E-state index in [1.165, 1.54) is 6.07 Å². The molecule has 3 nitrogen and oxygen atoms in total. The van der Waals surface area contributed by atoms with E-state index in [1.807, 2.05) is 6.07 Å². The maximum Gasteiger partial charge on any atom is 0.148 e. The number of rotatable bonds is 3. The van der Waals surface area contributed by atoms with Gasteiger partial charge in [0.05, 0.1) is 18.2 Å². The van der Waals surface area contributed by atoms with Gasteiger partial charge in [0.1, 0.15) is 5.82 Å². The molecule has 0 aromatic heterocycles. The average molecular weight is 191 g/mol. The number of benzene rings is 1. The molecular weight excluding hydrogens is 181 g/mol. The number of nitrogen functional groups attached to an aromatic ring is 1. The third-order valence-corrected chi connectivity index (χ3v) is 1.67. The number of nitrogens with zero attached hydrogens (tertiary/aromatic N) is 1. The molecule has 0 heterocycles. The van der Waals surface area contributed by atoms with E-state index in [-0.39, 0.29) is 5.69 Å². The summed E-state index contributed by atoms with van der Waals surface area (Å²) in [6, 6.07) is 6.57. The summed E-state index contributed by atoms with van der Waals surface area (Å²) in [7, 11) is 0. The maximum atomic E-state index is 13.1. The molecule has 0 aliphatic rings. The van der Waals surface area contributed by atoms with Gasteiger partial charge in [0.25, 0.3) is 0 Å². The number of hydrazine groups is 1. The van der Waals surface area contributed by atoms with Crippen LogP contribution in [0.15, 0.2) is 24.3 Å². The largest absolute Gasteiger partial charge is 0.321 e. The Morgan fingerprint density at radius 3 is 2.93 bits per heavy atom. The predicted octanol–water partition coefficient (Wildman–Crippen LogP) is 2.04. The molecule has 0 aliphatic carbocycles. The van der Waals surface area contributed by atoms with Crippen LogP contribution in [0.2, 0.25) is 0 Å². The first-order valence-corrected chi connectivity index (χ1v) is 4.07. The van der Waals surface area contributed by atoms with Crippen LogP contribution in [0.5, 0.6) is 0 Å². The summed E-state index contributed by atoms with van der Waals surface area (Å²) < 4.78 is 13.1. The van der Waals surface area contributed by atoms with Crippen molar-refractivity contribution in [3.8, 4) is 6.07 Å². The summed E-state index contributed by atoms with van der Waals surface area (Å²) in [4.78, 5) is 0. The molecule has 0 saturated carbocycles. The van der Waals surface area contributed by atoms with Crippen LogP contribution in [-0.4, -0.2) is 0 Å². The second kappa shape index (κ2) is 5.00. The molecule has 1 rings (SSSR count). The fourth-order valence-electron chi connectivity index (χ4n) is 1.000. The lowest BCUT2D eigenvalue weighted by Crippen LogP contribution is -2.08. The molecule has 72 valence electrons. The Hall–Kier alpha value is -1.86. The van der Waals surface area contributed by atoms with Crippen molar-refractivity contribution in [1.82, 2.24) is 0 Å². The van der Waals surface area contributed by atoms with Crippen molar-refractivity contribution >= 4 is 11.8 Å². The van der Waals surface area contributed by atoms with E-state index in [0.717, 1.165) is 0 Å². The van der Waals surface area contributed by atoms with Crippen molar-refractivity contribution in [3.05, 3.63) is 35.7 Å². The van der Waals surface area contributed by atoms with Crippen LogP contribution >= 0.6 is 0 Å². The number of hydrogen-bond acceptors (Lipinski definition) is 3. The number of nitriles is 1. The standard InChI is InChI=1S/C10H10FN3/c11-9-7-8(3-1-2-6-12)4-5-10(9)14-13/h1,3-5,7,14H,2,13H2. The molecule has 0 bridgehead atoms. The fraction of sp³-hybridized carbons (Fsp3) is 0.100. The normalized spacial score (nSPS) is 10.1. The molecule has 0 aliphatic heterocycles. The van der Waals surface area contributed by atoms with Gasteiger partial charge in [-0.05, 0) is 17.7 Å². The Balaban J connectivity index is 2.82. The van der Waals surface area contributed by atoms with Crippen molar-refractivity contribution in [2.75, 3.05) is 5.43 Å². The molecule has 0 amide bonds. The molecule has 0 saturated heterocycles. The summed E-state index contributed by atoms with van der Waals surface area (Å²) in [5.74, 6) is 4.66. The smallest absolute Gasteiger partial charge is 0.148 e. The Morgan fingerprint density at radius 1 is 1.57 bits per heavy atom. The van der Waals surface area contributed by atoms with Gasteiger partial charge in [-0.15, -0.1) is 0 Å². The highest BCUT2D eigenvalue weighted by molar-refractivity contribution is 5.55. The quantitative estimate of drug-likeness (QED) is 0.567. The zero-order valence-corrected chi connectivity index (χ0v) is 7.50. The van der Waals surface area contributed by atoms with Crippen LogP contribution < -0.4 is 11.3 Å². The van der Waals surface area contributed by atoms with Gasteiger partial charge < -0.3 is 5.43 Å². The summed E-state index contributed by atoms with van der Waals surface area (Å²) in [5.41, 5.74) is 3.20. The summed E-state index contributed by atoms with van der Waals surface area (Å²) >= 11 is 0. The Morgan fingerprint density at radius 2 is 2.36 bits per heavy atom. The number of nitrogens with one attached hydrogen (secondary N) is 1. The molecule has 0 fully saturated rings. The molecular formula is C10H10FN3. The van der Waals surface area contributed by atoms with E-state index in [9.17, 15) is 4.39 Å². The van der Waals surface area contributed by atoms with Gasteiger partial charge in [-0.25, -0.2) is 4.39 Å². The second-order valence-electron chi connectivity index (χ2n) is 2.65. The minimum Gasteiger partial charge on any atom is -0.321 e. The number of nitrogens with two attached hydrogens (primary N) is 1. The maximum absolute atomic E-state index is 13.1. The van der Waals surface area contributed by atoms with E-state index in [0.29, 0.717) is 12.0 Å². The van der Waals surface area contributed by atoms with Crippen molar-refractivity contribution in [2.45, 2.75) is 6.42 Å². The van der Waals surface area contributed by atoms with Crippen molar-refractivity contribution in [2.24, 2.45) is 5.84 Å². The molecule has 14 heavy (non-hydrogen) atoms. The molecule has 4 heteroatoms. The topological polar surface area (TPSA) is 61.8 Å². The number of allylic oxidation sites excluding steroid dienone is 1. The molecule has 1 aromatic carbocycles. The van der Waals surface area contributed by atoms with Gasteiger partial charge in [0.15, 0.2) is 0 Å². The van der Waals surface area contributed by atoms with E-state index in [4.69, 9.17) is 11.1 Å². The first kappa shape index (κ1) is 10.2. The zero-order valence-electron chi connectivity index (χ0n) is 7.50. The van der Waals surface area contributed by atoms with E-state index in [2.05, 4.69) is 5.43 Å². The lowest BCUT2D eigenvalue weighted by Gasteiger charge is -2.01. The Kier molecular flexibility index (Phi) is 3.65. The monoisotopic (exact) mass is 191 g/mol. The highest BCUT2D eigenvalue weighted by atomic mass is 19.1. The minimum atomic E-state index is -0.411. The van der Waals surface area contributed by atoms with Gasteiger partial charge in [-0.2, -0.15) is 5.26 Å². The van der Waals surface area contributed by atoms with Crippen LogP contribution in [0, 0.1) is 17.1 Å². The van der Waals surface area contributed by atoms with Crippen LogP contribution in [0.4, 0.5) is 10.1 Å². The SMILES string of the molecule is N#CCC=Cc1ccc(NN)c(F)c1. The molecule has 0 atom stereocenters. The third-order valence-electron chi connectivity index (χ3n) is 1.67. The van der Waals surface area contributed by atoms with Crippen LogP contribution in [0.1, 0.15) is 12.0 Å². The van der Waals surface area contributed by atoms with Gasteiger partial charge >= 0.3 is 0 Å². The fourth-order valence-corrected chi connectivity index (χ4v) is 1.000. The lowest BCUT2D eigenvalue weighted by molar-refractivity contribution is 0.630. The number of anilines is 1. The second-order valence-corrected chi connectivity index (χ2v) is 2.65. The lowest BCUT2D eigenvalue weighted by atomic mass is 10.2. The van der Waals surface area contributed by atoms with Crippen LogP contribution in [0.25, 0.3) is 6.08 Å². The van der Waals surface area contributed by atoms with Gasteiger partial charge in [-0.3, -0.25) is 5.84 Å². The molecule has 0 radical (unpaired) electrons. The van der Waals surface area contributed by atoms with Crippen LogP contribution in [-0.2, 0) is 0 Å². The molecule has 1 aromatic rings. The Labute approximate surface area is 81.6 Å².